The first-order valence-corrected chi connectivity index (χ1v) is 33.6. The van der Waals surface area contributed by atoms with Crippen molar-refractivity contribution >= 4 is 110 Å². The molecule has 11 rings (SSSR count). The normalized spacial score (nSPS) is 19.0. The SMILES string of the molecule is Cc1sc2nc1C(=O)N[C@@H]([C@H](O)c1ccccc1)c1nc(cs1)C(=O)N[C@@H](Cc1ccc(O)cc1)C(=O)N1C[C@H](O)[C@H](C)[C@H]1c1nc(cs1)-c1nc(cs1)-c1nc(-c3nc(CNC(=O)OCCCCCC(=O)O)cs3)ccc1-c1nc(cs1)C(=O)N[C@H]2CC(N)=O. The number of carboxylic acids is 1. The number of primary amides is 1. The zero-order valence-corrected chi connectivity index (χ0v) is 53.2. The summed E-state index contributed by atoms with van der Waals surface area (Å²) < 4.78 is 5.27. The molecule has 0 spiro atoms. The van der Waals surface area contributed by atoms with E-state index >= 15 is 4.79 Å². The van der Waals surface area contributed by atoms with Crippen molar-refractivity contribution in [3.63, 3.8) is 0 Å². The number of phenols is 1. The number of carbonyl (C=O) groups is 7. The second-order valence-corrected chi connectivity index (χ2v) is 27.0. The van der Waals surface area contributed by atoms with Crippen molar-refractivity contribution < 1.29 is 58.7 Å². The fraction of sp³-hybridized carbons (Fsp3) is 0.300. The molecule has 2 aliphatic heterocycles. The van der Waals surface area contributed by atoms with Gasteiger partial charge in [0.2, 0.25) is 11.8 Å². The van der Waals surface area contributed by atoms with E-state index in [1.807, 2.05) is 6.92 Å². The maximum Gasteiger partial charge on any atom is 0.407 e. The molecule has 1 fully saturated rings. The quantitative estimate of drug-likeness (QED) is 0.0437. The number of benzene rings is 2. The summed E-state index contributed by atoms with van der Waals surface area (Å²) in [6.45, 7) is 3.52. The van der Waals surface area contributed by atoms with Crippen molar-refractivity contribution in [3.05, 3.63) is 147 Å². The molecule has 6 amide bonds. The van der Waals surface area contributed by atoms with Crippen molar-refractivity contribution in [1.82, 2.24) is 61.1 Å². The molecule has 2 aliphatic rings. The van der Waals surface area contributed by atoms with Crippen molar-refractivity contribution in [2.24, 2.45) is 11.7 Å². The lowest BCUT2D eigenvalue weighted by Gasteiger charge is -2.29. The number of nitrogens with two attached hydrogens (primary N) is 1. The molecule has 9 heterocycles. The number of hydrogen-bond donors (Lipinski definition) is 9. The van der Waals surface area contributed by atoms with E-state index in [-0.39, 0.29) is 65.4 Å². The van der Waals surface area contributed by atoms with Gasteiger partial charge < -0.3 is 57.1 Å². The monoisotopic (exact) mass is 1340 g/mol. The molecule has 10 bridgehead atoms. The van der Waals surface area contributed by atoms with Gasteiger partial charge in [-0.15, -0.1) is 68.0 Å². The topological polar surface area (TPSA) is 377 Å². The Morgan fingerprint density at radius 3 is 2.14 bits per heavy atom. The maximum absolute atomic E-state index is 15.2. The third-order valence-corrected chi connectivity index (χ3v) is 20.5. The minimum Gasteiger partial charge on any atom is -0.508 e. The first-order chi connectivity index (χ1) is 43.8. The Kier molecular flexibility index (Phi) is 19.7. The third-order valence-electron chi connectivity index (χ3n) is 14.9. The number of carboxylic acid groups (broad SMARTS) is 1. The Labute approximate surface area is 542 Å². The van der Waals surface area contributed by atoms with Crippen LogP contribution in [0.4, 0.5) is 4.79 Å². The molecular formula is C60H57N13O12S6. The van der Waals surface area contributed by atoms with Crippen LogP contribution >= 0.6 is 68.0 Å². The molecule has 31 heteroatoms. The Bertz CT molecular complexity index is 4170. The minimum atomic E-state index is -1.42. The number of fused-ring (bicyclic) bond motifs is 16. The van der Waals surface area contributed by atoms with E-state index in [2.05, 4.69) is 31.2 Å². The molecule has 91 heavy (non-hydrogen) atoms. The van der Waals surface area contributed by atoms with Crippen LogP contribution in [-0.2, 0) is 32.1 Å². The summed E-state index contributed by atoms with van der Waals surface area (Å²) in [5.74, 6) is -4.92. The summed E-state index contributed by atoms with van der Waals surface area (Å²) in [5, 5.41) is 64.3. The lowest BCUT2D eigenvalue weighted by molar-refractivity contribution is -0.137. The highest BCUT2D eigenvalue weighted by Gasteiger charge is 2.45. The number of unbranched alkanes of at least 4 members (excludes halogenated alkanes) is 2. The number of aliphatic hydroxyl groups excluding tert-OH is 2. The number of ether oxygens (including phenoxy) is 1. The van der Waals surface area contributed by atoms with Crippen molar-refractivity contribution in [2.75, 3.05) is 13.2 Å². The number of phenolic OH excluding ortho intramolecular Hbond substituents is 1. The number of aromatic hydroxyl groups is 1. The van der Waals surface area contributed by atoms with Gasteiger partial charge in [-0.1, -0.05) is 49.4 Å². The first-order valence-electron chi connectivity index (χ1n) is 28.4. The zero-order chi connectivity index (χ0) is 64.0. The van der Waals surface area contributed by atoms with Gasteiger partial charge in [0, 0.05) is 62.6 Å². The van der Waals surface area contributed by atoms with Gasteiger partial charge in [0.1, 0.15) is 88.1 Å². The number of aliphatic hydroxyl groups is 2. The highest BCUT2D eigenvalue weighted by molar-refractivity contribution is 7.15. The van der Waals surface area contributed by atoms with Gasteiger partial charge in [-0.25, -0.2) is 39.7 Å². The van der Waals surface area contributed by atoms with Gasteiger partial charge in [-0.05, 0) is 61.6 Å². The van der Waals surface area contributed by atoms with Crippen molar-refractivity contribution in [2.45, 2.75) is 95.3 Å². The molecule has 7 atom stereocenters. The fourth-order valence-corrected chi connectivity index (χ4v) is 15.6. The van der Waals surface area contributed by atoms with E-state index in [1.165, 1.54) is 56.4 Å². The number of aromatic nitrogens is 7. The van der Waals surface area contributed by atoms with Gasteiger partial charge in [0.25, 0.3) is 17.7 Å². The van der Waals surface area contributed by atoms with Crippen LogP contribution in [-0.4, -0.2) is 127 Å². The Balaban J connectivity index is 0.961. The van der Waals surface area contributed by atoms with Gasteiger partial charge in [-0.3, -0.25) is 28.8 Å². The number of thiazole rings is 6. The molecule has 470 valence electrons. The lowest BCUT2D eigenvalue weighted by atomic mass is 10.00. The number of aryl methyl sites for hydroxylation is 1. The number of aliphatic carboxylic acids is 1. The Morgan fingerprint density at radius 2 is 1.37 bits per heavy atom. The van der Waals surface area contributed by atoms with Crippen LogP contribution in [0.5, 0.6) is 5.75 Å². The van der Waals surface area contributed by atoms with Gasteiger partial charge in [-0.2, -0.15) is 0 Å². The summed E-state index contributed by atoms with van der Waals surface area (Å²) in [6.07, 6.45) is -1.87. The second-order valence-electron chi connectivity index (χ2n) is 21.4. The maximum atomic E-state index is 15.2. The summed E-state index contributed by atoms with van der Waals surface area (Å²) in [7, 11) is 0. The molecule has 7 aromatic heterocycles. The van der Waals surface area contributed by atoms with Crippen LogP contribution in [0.15, 0.2) is 93.6 Å². The molecule has 2 aromatic carbocycles. The van der Waals surface area contributed by atoms with Crippen LogP contribution in [0, 0.1) is 12.8 Å². The smallest absolute Gasteiger partial charge is 0.407 e. The van der Waals surface area contributed by atoms with Crippen LogP contribution in [0.2, 0.25) is 0 Å². The predicted octanol–water partition coefficient (Wildman–Crippen LogP) is 8.16. The highest BCUT2D eigenvalue weighted by atomic mass is 32.1. The summed E-state index contributed by atoms with van der Waals surface area (Å²) in [6, 6.07) is 13.8. The Morgan fingerprint density at radius 1 is 0.703 bits per heavy atom. The number of pyridine rings is 1. The van der Waals surface area contributed by atoms with Crippen LogP contribution in [0.25, 0.3) is 43.4 Å². The minimum absolute atomic E-state index is 0.00803. The first kappa shape index (κ1) is 63.7. The molecular weight excluding hydrogens is 1290 g/mol. The van der Waals surface area contributed by atoms with E-state index in [4.69, 9.17) is 40.5 Å². The lowest BCUT2D eigenvalue weighted by Crippen LogP contribution is -2.50. The second kappa shape index (κ2) is 28.1. The van der Waals surface area contributed by atoms with E-state index < -0.39 is 90.3 Å². The van der Waals surface area contributed by atoms with Crippen molar-refractivity contribution in [1.29, 1.82) is 0 Å². The van der Waals surface area contributed by atoms with Crippen LogP contribution in [0.3, 0.4) is 0 Å². The van der Waals surface area contributed by atoms with Crippen molar-refractivity contribution in [3.8, 4) is 49.1 Å². The molecule has 0 unspecified atom stereocenters. The van der Waals surface area contributed by atoms with Gasteiger partial charge in [0.15, 0.2) is 0 Å². The predicted molar refractivity (Wildman–Crippen MR) is 340 cm³/mol. The van der Waals surface area contributed by atoms with Crippen LogP contribution in [0.1, 0.15) is 131 Å². The summed E-state index contributed by atoms with van der Waals surface area (Å²) >= 11 is 6.99. The van der Waals surface area contributed by atoms with Crippen LogP contribution < -0.4 is 27.0 Å². The third kappa shape index (κ3) is 14.8. The number of hydrogen-bond acceptors (Lipinski definition) is 24. The summed E-state index contributed by atoms with van der Waals surface area (Å²) in [4.78, 5) is 130. The van der Waals surface area contributed by atoms with Gasteiger partial charge in [0.05, 0.1) is 49.1 Å². The number of carbonyl (C=O) groups excluding carboxylic acids is 6. The average molecular weight is 1340 g/mol. The van der Waals surface area contributed by atoms with Gasteiger partial charge >= 0.3 is 12.1 Å². The number of amides is 6. The number of alkyl carbamates (subject to hydrolysis) is 1. The molecule has 0 saturated carbocycles. The zero-order valence-electron chi connectivity index (χ0n) is 48.3. The highest BCUT2D eigenvalue weighted by Crippen LogP contribution is 2.43. The average Bonchev–Trinajstić information content (AvgIpc) is 1.93. The number of nitrogens with one attached hydrogen (secondary N) is 4. The number of nitrogens with zero attached hydrogens (tertiary/aromatic N) is 8. The largest absolute Gasteiger partial charge is 0.508 e. The molecule has 1 saturated heterocycles. The molecule has 0 aliphatic carbocycles. The molecule has 10 N–H and O–H groups in total. The van der Waals surface area contributed by atoms with E-state index in [1.54, 1.807) is 83.0 Å². The van der Waals surface area contributed by atoms with E-state index in [9.17, 15) is 44.1 Å². The standard InChI is InChI=1S/C60H57N13O12S6/c1-28-42(75)22-73-48(28)58-70-41(27-90-58)55-67-38(24-88-55)46-34(16-17-35(64-46)54-63-32(23-86-54)21-62-60(84)85-18-8-4-7-11-44(77)78)53-68-39(25-87-53)50(80)65-36(20-43(61)76)56-72-45(29(2)91-56)52(82)71-47(49(79)31-9-5-3-6-10-31)57-69-40(26-89-57)51(81)66-37(59(73)83)19-30-12-14-33(74)15-13-30/h3,5-6,9-10,12-17,23-28,36-37,42,47-49,74-75,79H,4,7-8,11,18-22H2,1-2H3,(H2,61,76)(H,62,84)(H,65,80)(H,66,81)(H,71,82)(H,77,78)/t28-,36-,37-,42-,47-,48-,49+/m0/s1. The molecule has 9 aromatic rings. The number of rotatable bonds is 15. The van der Waals surface area contributed by atoms with E-state index in [0.717, 1.165) is 34.0 Å². The Hall–Kier alpha value is -8.82. The summed E-state index contributed by atoms with van der Waals surface area (Å²) in [5.41, 5.74) is 9.19. The molecule has 25 nitrogen and oxygen atoms in total. The fourth-order valence-electron chi connectivity index (χ4n) is 10.2. The van der Waals surface area contributed by atoms with E-state index in [0.29, 0.717) is 89.3 Å². The molecule has 0 radical (unpaired) electrons.